The van der Waals surface area contributed by atoms with Crippen LogP contribution in [0.5, 0.6) is 11.5 Å². The highest BCUT2D eigenvalue weighted by Gasteiger charge is 2.29. The summed E-state index contributed by atoms with van der Waals surface area (Å²) in [6.45, 7) is 4.34. The Labute approximate surface area is 193 Å². The maximum absolute atomic E-state index is 13.2. The zero-order chi connectivity index (χ0) is 22.8. The Balaban J connectivity index is 2.24. The van der Waals surface area contributed by atoms with E-state index in [0.717, 1.165) is 12.0 Å². The Hall–Kier alpha value is -2.44. The molecule has 0 aliphatic carbocycles. The molecule has 0 saturated carbocycles. The molecule has 0 aliphatic heterocycles. The first kappa shape index (κ1) is 24.8. The third kappa shape index (κ3) is 7.04. The second-order valence-electron chi connectivity index (χ2n) is 6.92. The van der Waals surface area contributed by atoms with Gasteiger partial charge in [-0.2, -0.15) is 0 Å². The van der Waals surface area contributed by atoms with E-state index >= 15 is 0 Å². The Morgan fingerprint density at radius 2 is 1.77 bits per heavy atom. The lowest BCUT2D eigenvalue weighted by molar-refractivity contribution is -0.143. The van der Waals surface area contributed by atoms with Crippen LogP contribution in [0.25, 0.3) is 0 Å². The van der Waals surface area contributed by atoms with E-state index in [1.165, 1.54) is 12.0 Å². The Kier molecular flexibility index (Phi) is 9.95. The smallest absolute Gasteiger partial charge is 0.261 e. The van der Waals surface area contributed by atoms with Crippen LogP contribution in [0.3, 0.4) is 0 Å². The topological polar surface area (TPSA) is 67.9 Å². The molecule has 1 atom stereocenters. The molecule has 0 radical (unpaired) electrons. The molecule has 2 rings (SSSR count). The van der Waals surface area contributed by atoms with E-state index in [1.54, 1.807) is 36.4 Å². The van der Waals surface area contributed by atoms with Gasteiger partial charge in [-0.25, -0.2) is 0 Å². The van der Waals surface area contributed by atoms with Gasteiger partial charge in [0.15, 0.2) is 18.1 Å². The second kappa shape index (κ2) is 12.4. The standard InChI is InChI=1S/C23H28Cl2N2O4/c1-4-12-26-23(29)19(5-2)27(14-16-10-11-17(24)18(25)13-16)22(28)15-31-21-9-7-6-8-20(21)30-3/h6-11,13,19H,4-5,12,14-15H2,1-3H3,(H,26,29). The fourth-order valence-electron chi connectivity index (χ4n) is 3.08. The maximum atomic E-state index is 13.2. The molecule has 0 bridgehead atoms. The van der Waals surface area contributed by atoms with Crippen molar-refractivity contribution in [1.82, 2.24) is 10.2 Å². The predicted octanol–water partition coefficient (Wildman–Crippen LogP) is 4.71. The first-order chi connectivity index (χ1) is 14.9. The molecule has 0 spiro atoms. The molecular formula is C23H28Cl2N2O4. The van der Waals surface area contributed by atoms with Crippen LogP contribution in [-0.2, 0) is 16.1 Å². The van der Waals surface area contributed by atoms with Gasteiger partial charge in [0, 0.05) is 13.1 Å². The highest BCUT2D eigenvalue weighted by atomic mass is 35.5. The summed E-state index contributed by atoms with van der Waals surface area (Å²) >= 11 is 12.2. The first-order valence-electron chi connectivity index (χ1n) is 10.2. The zero-order valence-corrected chi connectivity index (χ0v) is 19.5. The van der Waals surface area contributed by atoms with Gasteiger partial charge in [-0.05, 0) is 42.7 Å². The van der Waals surface area contributed by atoms with Gasteiger partial charge in [0.2, 0.25) is 5.91 Å². The van der Waals surface area contributed by atoms with E-state index in [2.05, 4.69) is 5.32 Å². The van der Waals surface area contributed by atoms with Crippen LogP contribution in [0.2, 0.25) is 10.0 Å². The summed E-state index contributed by atoms with van der Waals surface area (Å²) in [6.07, 6.45) is 1.26. The first-order valence-corrected chi connectivity index (χ1v) is 10.9. The van der Waals surface area contributed by atoms with Crippen LogP contribution in [0.1, 0.15) is 32.3 Å². The lowest BCUT2D eigenvalue weighted by Crippen LogP contribution is -2.50. The SMILES string of the molecule is CCCNC(=O)C(CC)N(Cc1ccc(Cl)c(Cl)c1)C(=O)COc1ccccc1OC. The highest BCUT2D eigenvalue weighted by Crippen LogP contribution is 2.27. The van der Waals surface area contributed by atoms with Crippen molar-refractivity contribution >= 4 is 35.0 Å². The number of carbonyl (C=O) groups is 2. The van der Waals surface area contributed by atoms with Crippen molar-refractivity contribution in [3.05, 3.63) is 58.1 Å². The third-order valence-corrected chi connectivity index (χ3v) is 5.43. The molecule has 0 aromatic heterocycles. The average molecular weight is 467 g/mol. The van der Waals surface area contributed by atoms with Gasteiger partial charge in [-0.3, -0.25) is 9.59 Å². The number of methoxy groups -OCH3 is 1. The molecule has 0 saturated heterocycles. The second-order valence-corrected chi connectivity index (χ2v) is 7.74. The largest absolute Gasteiger partial charge is 0.493 e. The molecule has 0 aliphatic rings. The average Bonchev–Trinajstić information content (AvgIpc) is 2.78. The van der Waals surface area contributed by atoms with Gasteiger partial charge < -0.3 is 19.7 Å². The molecule has 0 heterocycles. The van der Waals surface area contributed by atoms with E-state index in [-0.39, 0.29) is 25.0 Å². The number of hydrogen-bond donors (Lipinski definition) is 1. The lowest BCUT2D eigenvalue weighted by Gasteiger charge is -2.30. The molecular weight excluding hydrogens is 439 g/mol. The van der Waals surface area contributed by atoms with Crippen LogP contribution in [0.15, 0.2) is 42.5 Å². The van der Waals surface area contributed by atoms with Crippen LogP contribution in [0, 0.1) is 0 Å². The molecule has 0 fully saturated rings. The quantitative estimate of drug-likeness (QED) is 0.520. The van der Waals surface area contributed by atoms with Gasteiger partial charge >= 0.3 is 0 Å². The van der Waals surface area contributed by atoms with Crippen LogP contribution in [-0.4, -0.2) is 43.0 Å². The number of nitrogens with one attached hydrogen (secondary N) is 1. The zero-order valence-electron chi connectivity index (χ0n) is 18.0. The van der Waals surface area contributed by atoms with Gasteiger partial charge in [-0.1, -0.05) is 55.2 Å². The molecule has 1 unspecified atom stereocenters. The van der Waals surface area contributed by atoms with Crippen LogP contribution >= 0.6 is 23.2 Å². The van der Waals surface area contributed by atoms with Gasteiger partial charge in [0.05, 0.1) is 17.2 Å². The van der Waals surface area contributed by atoms with E-state index < -0.39 is 6.04 Å². The van der Waals surface area contributed by atoms with E-state index in [0.29, 0.717) is 34.5 Å². The Morgan fingerprint density at radius 3 is 2.39 bits per heavy atom. The summed E-state index contributed by atoms with van der Waals surface area (Å²) in [5.41, 5.74) is 0.766. The number of rotatable bonds is 11. The number of amides is 2. The lowest BCUT2D eigenvalue weighted by atomic mass is 10.1. The van der Waals surface area contributed by atoms with Crippen molar-refractivity contribution in [3.63, 3.8) is 0 Å². The van der Waals surface area contributed by atoms with Crippen molar-refractivity contribution < 1.29 is 19.1 Å². The summed E-state index contributed by atoms with van der Waals surface area (Å²) < 4.78 is 11.0. The van der Waals surface area contributed by atoms with E-state index in [9.17, 15) is 9.59 Å². The molecule has 1 N–H and O–H groups in total. The minimum absolute atomic E-state index is 0.197. The minimum Gasteiger partial charge on any atom is -0.493 e. The molecule has 2 aromatic carbocycles. The number of benzene rings is 2. The molecule has 2 aromatic rings. The molecule has 8 heteroatoms. The Bertz CT molecular complexity index is 892. The van der Waals surface area contributed by atoms with Crippen molar-refractivity contribution in [2.75, 3.05) is 20.3 Å². The number of carbonyl (C=O) groups excluding carboxylic acids is 2. The molecule has 2 amide bonds. The number of nitrogens with zero attached hydrogens (tertiary/aromatic N) is 1. The normalized spacial score (nSPS) is 11.5. The molecule has 6 nitrogen and oxygen atoms in total. The number of para-hydroxylation sites is 2. The predicted molar refractivity (Wildman–Crippen MR) is 123 cm³/mol. The summed E-state index contributed by atoms with van der Waals surface area (Å²) in [6, 6.07) is 11.6. The van der Waals surface area contributed by atoms with Crippen molar-refractivity contribution in [1.29, 1.82) is 0 Å². The fraction of sp³-hybridized carbons (Fsp3) is 0.391. The number of halogens is 2. The highest BCUT2D eigenvalue weighted by molar-refractivity contribution is 6.42. The summed E-state index contributed by atoms with van der Waals surface area (Å²) in [5.74, 6) is 0.459. The Morgan fingerprint density at radius 1 is 1.06 bits per heavy atom. The van der Waals surface area contributed by atoms with Crippen LogP contribution < -0.4 is 14.8 Å². The molecule has 31 heavy (non-hydrogen) atoms. The number of ether oxygens (including phenoxy) is 2. The van der Waals surface area contributed by atoms with Crippen molar-refractivity contribution in [3.8, 4) is 11.5 Å². The van der Waals surface area contributed by atoms with Crippen LogP contribution in [0.4, 0.5) is 0 Å². The number of hydrogen-bond acceptors (Lipinski definition) is 4. The van der Waals surface area contributed by atoms with E-state index in [4.69, 9.17) is 32.7 Å². The minimum atomic E-state index is -0.644. The molecule has 168 valence electrons. The summed E-state index contributed by atoms with van der Waals surface area (Å²) in [4.78, 5) is 27.4. The van der Waals surface area contributed by atoms with Gasteiger partial charge in [-0.15, -0.1) is 0 Å². The van der Waals surface area contributed by atoms with Gasteiger partial charge in [0.25, 0.3) is 5.91 Å². The van der Waals surface area contributed by atoms with E-state index in [1.807, 2.05) is 19.9 Å². The monoisotopic (exact) mass is 466 g/mol. The third-order valence-electron chi connectivity index (χ3n) is 4.69. The van der Waals surface area contributed by atoms with Crippen molar-refractivity contribution in [2.45, 2.75) is 39.3 Å². The van der Waals surface area contributed by atoms with Gasteiger partial charge in [0.1, 0.15) is 6.04 Å². The summed E-state index contributed by atoms with van der Waals surface area (Å²) in [5, 5.41) is 3.69. The fourth-order valence-corrected chi connectivity index (χ4v) is 3.40. The summed E-state index contributed by atoms with van der Waals surface area (Å²) in [7, 11) is 1.53. The maximum Gasteiger partial charge on any atom is 0.261 e. The van der Waals surface area contributed by atoms with Crippen molar-refractivity contribution in [2.24, 2.45) is 0 Å².